The van der Waals surface area contributed by atoms with Crippen LogP contribution in [-0.4, -0.2) is 30.4 Å². The van der Waals surface area contributed by atoms with Crippen molar-refractivity contribution >= 4 is 57.1 Å². The van der Waals surface area contributed by atoms with Gasteiger partial charge in [-0.1, -0.05) is 24.3 Å². The van der Waals surface area contributed by atoms with E-state index < -0.39 is 23.7 Å². The first kappa shape index (κ1) is 24.8. The third-order valence-electron chi connectivity index (χ3n) is 5.23. The second-order valence-electron chi connectivity index (χ2n) is 7.78. The van der Waals surface area contributed by atoms with Gasteiger partial charge in [-0.3, -0.25) is 19.7 Å². The van der Waals surface area contributed by atoms with Gasteiger partial charge in [0.05, 0.1) is 10.2 Å². The first-order chi connectivity index (χ1) is 17.2. The molecule has 1 aliphatic rings. The Balaban J connectivity index is 1.48. The fourth-order valence-corrected chi connectivity index (χ4v) is 3.93. The van der Waals surface area contributed by atoms with Crippen molar-refractivity contribution in [2.45, 2.75) is 6.92 Å². The second-order valence-corrected chi connectivity index (χ2v) is 8.63. The summed E-state index contributed by atoms with van der Waals surface area (Å²) in [5.41, 5.74) is 1.91. The Bertz CT molecular complexity index is 1400. The molecule has 1 fully saturated rings. The molecule has 8 nitrogen and oxygen atoms in total. The Morgan fingerprint density at radius 2 is 1.81 bits per heavy atom. The summed E-state index contributed by atoms with van der Waals surface area (Å²) < 4.78 is 19.3. The van der Waals surface area contributed by atoms with E-state index in [9.17, 15) is 23.6 Å². The lowest BCUT2D eigenvalue weighted by Gasteiger charge is -2.26. The summed E-state index contributed by atoms with van der Waals surface area (Å²) in [6.45, 7) is 1.65. The zero-order chi connectivity index (χ0) is 25.8. The standard InChI is InChI=1S/C26H19BrFN3O5/c1-15-4-2-3-5-21(15)29-23(32)14-36-22-11-6-16(13-20(22)27)12-19-24(33)30-26(35)31(25(19)34)18-9-7-17(28)8-10-18/h2-13H,14H2,1H3,(H,29,32)(H,30,33,35)/b19-12+. The average molecular weight is 552 g/mol. The van der Waals surface area contributed by atoms with Crippen LogP contribution in [0.25, 0.3) is 6.08 Å². The summed E-state index contributed by atoms with van der Waals surface area (Å²) >= 11 is 3.36. The van der Waals surface area contributed by atoms with Gasteiger partial charge in [-0.25, -0.2) is 14.1 Å². The highest BCUT2D eigenvalue weighted by molar-refractivity contribution is 9.10. The molecule has 0 unspecified atom stereocenters. The highest BCUT2D eigenvalue weighted by Crippen LogP contribution is 2.28. The van der Waals surface area contributed by atoms with Crippen LogP contribution in [0.5, 0.6) is 5.75 Å². The van der Waals surface area contributed by atoms with E-state index in [-0.39, 0.29) is 23.8 Å². The summed E-state index contributed by atoms with van der Waals surface area (Å²) in [6.07, 6.45) is 1.32. The van der Waals surface area contributed by atoms with Crippen LogP contribution in [0.3, 0.4) is 0 Å². The van der Waals surface area contributed by atoms with Gasteiger partial charge in [0.2, 0.25) is 0 Å². The van der Waals surface area contributed by atoms with Crippen molar-refractivity contribution in [2.24, 2.45) is 0 Å². The maximum Gasteiger partial charge on any atom is 0.335 e. The third-order valence-corrected chi connectivity index (χ3v) is 5.85. The smallest absolute Gasteiger partial charge is 0.335 e. The van der Waals surface area contributed by atoms with Crippen molar-refractivity contribution < 1.29 is 28.3 Å². The second kappa shape index (κ2) is 10.5. The molecule has 36 heavy (non-hydrogen) atoms. The predicted octanol–water partition coefficient (Wildman–Crippen LogP) is 4.58. The summed E-state index contributed by atoms with van der Waals surface area (Å²) in [7, 11) is 0. The molecule has 0 saturated carbocycles. The largest absolute Gasteiger partial charge is 0.483 e. The molecular weight excluding hydrogens is 533 g/mol. The SMILES string of the molecule is Cc1ccccc1NC(=O)COc1ccc(/C=C2\C(=O)NC(=O)N(c3ccc(F)cc3)C2=O)cc1Br. The van der Waals surface area contributed by atoms with Gasteiger partial charge in [0.25, 0.3) is 17.7 Å². The molecule has 0 spiro atoms. The minimum Gasteiger partial charge on any atom is -0.483 e. The van der Waals surface area contributed by atoms with Crippen molar-refractivity contribution in [2.75, 3.05) is 16.8 Å². The van der Waals surface area contributed by atoms with Crippen LogP contribution in [-0.2, 0) is 14.4 Å². The number of barbiturate groups is 1. The number of nitrogens with zero attached hydrogens (tertiary/aromatic N) is 1. The first-order valence-corrected chi connectivity index (χ1v) is 11.5. The van der Waals surface area contributed by atoms with Gasteiger partial charge in [-0.05, 0) is 82.5 Å². The summed E-state index contributed by atoms with van der Waals surface area (Å²) in [6, 6.07) is 15.9. The van der Waals surface area contributed by atoms with E-state index in [0.717, 1.165) is 22.6 Å². The molecule has 10 heteroatoms. The van der Waals surface area contributed by atoms with Crippen LogP contribution < -0.4 is 20.3 Å². The number of hydrogen-bond donors (Lipinski definition) is 2. The van der Waals surface area contributed by atoms with Gasteiger partial charge in [0.15, 0.2) is 6.61 Å². The zero-order valence-electron chi connectivity index (χ0n) is 18.9. The van der Waals surface area contributed by atoms with Crippen molar-refractivity contribution in [3.8, 4) is 5.75 Å². The quantitative estimate of drug-likeness (QED) is 0.344. The van der Waals surface area contributed by atoms with Crippen molar-refractivity contribution in [3.63, 3.8) is 0 Å². The lowest BCUT2D eigenvalue weighted by atomic mass is 10.1. The van der Waals surface area contributed by atoms with Crippen LogP contribution in [0, 0.1) is 12.7 Å². The number of benzene rings is 3. The molecule has 1 heterocycles. The topological polar surface area (TPSA) is 105 Å². The van der Waals surface area contributed by atoms with Gasteiger partial charge in [-0.2, -0.15) is 0 Å². The molecule has 2 N–H and O–H groups in total. The van der Waals surface area contributed by atoms with E-state index in [4.69, 9.17) is 4.74 Å². The fraction of sp³-hybridized carbons (Fsp3) is 0.0769. The molecule has 0 aliphatic carbocycles. The molecule has 3 aromatic carbocycles. The first-order valence-electron chi connectivity index (χ1n) is 10.7. The number of imide groups is 2. The molecule has 0 atom stereocenters. The van der Waals surface area contributed by atoms with E-state index in [1.165, 1.54) is 18.2 Å². The minimum atomic E-state index is -0.928. The lowest BCUT2D eigenvalue weighted by Crippen LogP contribution is -2.54. The van der Waals surface area contributed by atoms with Gasteiger partial charge in [0.1, 0.15) is 17.1 Å². The van der Waals surface area contributed by atoms with Crippen molar-refractivity contribution in [1.29, 1.82) is 0 Å². The Labute approximate surface area is 213 Å². The highest BCUT2D eigenvalue weighted by atomic mass is 79.9. The Morgan fingerprint density at radius 1 is 1.08 bits per heavy atom. The van der Waals surface area contributed by atoms with Crippen LogP contribution in [0.2, 0.25) is 0 Å². The summed E-state index contributed by atoms with van der Waals surface area (Å²) in [5, 5.41) is 4.89. The van der Waals surface area contributed by atoms with Crippen molar-refractivity contribution in [3.05, 3.63) is 93.7 Å². The molecule has 182 valence electrons. The number of urea groups is 1. The number of carbonyl (C=O) groups is 4. The predicted molar refractivity (Wildman–Crippen MR) is 135 cm³/mol. The molecule has 3 aromatic rings. The number of hydrogen-bond acceptors (Lipinski definition) is 5. The number of nitrogens with one attached hydrogen (secondary N) is 2. The van der Waals surface area contributed by atoms with E-state index >= 15 is 0 Å². The van der Waals surface area contributed by atoms with Crippen molar-refractivity contribution in [1.82, 2.24) is 5.32 Å². The van der Waals surface area contributed by atoms with E-state index in [1.54, 1.807) is 24.3 Å². The maximum atomic E-state index is 13.3. The third kappa shape index (κ3) is 5.49. The van der Waals surface area contributed by atoms with E-state index in [0.29, 0.717) is 21.5 Å². The average Bonchev–Trinajstić information content (AvgIpc) is 2.84. The van der Waals surface area contributed by atoms with Crippen LogP contribution >= 0.6 is 15.9 Å². The van der Waals surface area contributed by atoms with E-state index in [2.05, 4.69) is 26.6 Å². The molecule has 0 aromatic heterocycles. The molecule has 4 rings (SSSR count). The lowest BCUT2D eigenvalue weighted by molar-refractivity contribution is -0.122. The molecule has 5 amide bonds. The van der Waals surface area contributed by atoms with Crippen LogP contribution in [0.4, 0.5) is 20.6 Å². The number of aryl methyl sites for hydroxylation is 1. The number of amides is 5. The highest BCUT2D eigenvalue weighted by Gasteiger charge is 2.36. The molecule has 1 aliphatic heterocycles. The summed E-state index contributed by atoms with van der Waals surface area (Å²) in [4.78, 5) is 50.6. The van der Waals surface area contributed by atoms with E-state index in [1.807, 2.05) is 25.1 Å². The molecular formula is C26H19BrFN3O5. The Morgan fingerprint density at radius 3 is 2.50 bits per heavy atom. The van der Waals surface area contributed by atoms with Gasteiger partial charge in [-0.15, -0.1) is 0 Å². The van der Waals surface area contributed by atoms with Crippen LogP contribution in [0.1, 0.15) is 11.1 Å². The number of halogens is 2. The number of para-hydroxylation sites is 1. The maximum absolute atomic E-state index is 13.3. The van der Waals surface area contributed by atoms with Gasteiger partial charge >= 0.3 is 6.03 Å². The monoisotopic (exact) mass is 551 g/mol. The van der Waals surface area contributed by atoms with Gasteiger partial charge in [0, 0.05) is 5.69 Å². The number of rotatable bonds is 6. The number of carbonyl (C=O) groups excluding carboxylic acids is 4. The van der Waals surface area contributed by atoms with Gasteiger partial charge < -0.3 is 10.1 Å². The minimum absolute atomic E-state index is 0.117. The normalized spacial score (nSPS) is 14.6. The molecule has 1 saturated heterocycles. The molecule has 0 bridgehead atoms. The Kier molecular flexibility index (Phi) is 7.25. The zero-order valence-corrected chi connectivity index (χ0v) is 20.5. The van der Waals surface area contributed by atoms with Crippen LogP contribution in [0.15, 0.2) is 76.8 Å². The number of anilines is 2. The fourth-order valence-electron chi connectivity index (χ4n) is 3.42. The molecule has 0 radical (unpaired) electrons. The number of ether oxygens (including phenoxy) is 1. The summed E-state index contributed by atoms with van der Waals surface area (Å²) in [5.74, 6) is -2.19. The Hall–Kier alpha value is -4.31.